The Kier molecular flexibility index (Phi) is 3.53. The van der Waals surface area contributed by atoms with Gasteiger partial charge in [0.1, 0.15) is 0 Å². The third-order valence-electron chi connectivity index (χ3n) is 2.84. The van der Waals surface area contributed by atoms with Crippen LogP contribution < -0.4 is 0 Å². The molecular weight excluding hydrogens is 266 g/mol. The maximum absolute atomic E-state index is 8.89. The van der Waals surface area contributed by atoms with E-state index in [0.29, 0.717) is 12.2 Å². The summed E-state index contributed by atoms with van der Waals surface area (Å²) in [6, 6.07) is 17.9. The van der Waals surface area contributed by atoms with Crippen LogP contribution in [0.5, 0.6) is 0 Å². The van der Waals surface area contributed by atoms with Crippen molar-refractivity contribution in [1.82, 2.24) is 9.97 Å². The molecule has 0 aliphatic heterocycles. The largest absolute Gasteiger partial charge is 0.232 e. The first kappa shape index (κ1) is 12.5. The van der Waals surface area contributed by atoms with Gasteiger partial charge in [-0.2, -0.15) is 5.26 Å². The van der Waals surface area contributed by atoms with Crippen LogP contribution in [0.2, 0.25) is 0 Å². The van der Waals surface area contributed by atoms with Gasteiger partial charge in [-0.3, -0.25) is 0 Å². The molecule has 2 heterocycles. The minimum absolute atomic E-state index is 0.292. The molecule has 0 aliphatic rings. The molecule has 2 aromatic heterocycles. The van der Waals surface area contributed by atoms with Crippen molar-refractivity contribution in [2.45, 2.75) is 6.42 Å². The SMILES string of the molecule is N#CCc1cc(-c2cccs2)nc(-c2ccccc2)n1. The van der Waals surface area contributed by atoms with Gasteiger partial charge in [-0.1, -0.05) is 36.4 Å². The second-order valence-corrected chi connectivity index (χ2v) is 5.19. The topological polar surface area (TPSA) is 49.6 Å². The van der Waals surface area contributed by atoms with Crippen LogP contribution in [0.1, 0.15) is 5.69 Å². The van der Waals surface area contributed by atoms with Crippen LogP contribution in [0.3, 0.4) is 0 Å². The van der Waals surface area contributed by atoms with Crippen LogP contribution in [0.15, 0.2) is 53.9 Å². The number of hydrogen-bond donors (Lipinski definition) is 0. The van der Waals surface area contributed by atoms with Crippen molar-refractivity contribution in [3.63, 3.8) is 0 Å². The molecule has 96 valence electrons. The first-order valence-corrected chi connectivity index (χ1v) is 7.09. The average Bonchev–Trinajstić information content (AvgIpc) is 3.02. The first-order valence-electron chi connectivity index (χ1n) is 6.21. The van der Waals surface area contributed by atoms with Gasteiger partial charge in [0.2, 0.25) is 0 Å². The summed E-state index contributed by atoms with van der Waals surface area (Å²) in [5.41, 5.74) is 2.59. The standard InChI is InChI=1S/C16H11N3S/c17-9-8-13-11-14(15-7-4-10-20-15)19-16(18-13)12-5-2-1-3-6-12/h1-7,10-11H,8H2. The third-order valence-corrected chi connectivity index (χ3v) is 3.74. The predicted molar refractivity (Wildman–Crippen MR) is 80.1 cm³/mol. The lowest BCUT2D eigenvalue weighted by Gasteiger charge is -2.05. The van der Waals surface area contributed by atoms with Crippen LogP contribution >= 0.6 is 11.3 Å². The smallest absolute Gasteiger partial charge is 0.160 e. The molecule has 20 heavy (non-hydrogen) atoms. The summed E-state index contributed by atoms with van der Waals surface area (Å²) in [6.45, 7) is 0. The third kappa shape index (κ3) is 2.58. The van der Waals surface area contributed by atoms with Crippen LogP contribution in [0.25, 0.3) is 22.0 Å². The fourth-order valence-electron chi connectivity index (χ4n) is 1.94. The zero-order valence-electron chi connectivity index (χ0n) is 10.7. The van der Waals surface area contributed by atoms with E-state index in [1.165, 1.54) is 0 Å². The molecule has 0 spiro atoms. The maximum Gasteiger partial charge on any atom is 0.160 e. The quantitative estimate of drug-likeness (QED) is 0.728. The van der Waals surface area contributed by atoms with E-state index in [1.807, 2.05) is 53.9 Å². The zero-order valence-corrected chi connectivity index (χ0v) is 11.5. The fraction of sp³-hybridized carbons (Fsp3) is 0.0625. The van der Waals surface area contributed by atoms with Crippen LogP contribution in [0.4, 0.5) is 0 Å². The number of aromatic nitrogens is 2. The van der Waals surface area contributed by atoms with E-state index in [9.17, 15) is 0 Å². The van der Waals surface area contributed by atoms with E-state index < -0.39 is 0 Å². The van der Waals surface area contributed by atoms with Gasteiger partial charge in [-0.25, -0.2) is 9.97 Å². The van der Waals surface area contributed by atoms with Crippen LogP contribution in [0, 0.1) is 11.3 Å². The lowest BCUT2D eigenvalue weighted by Crippen LogP contribution is -1.97. The van der Waals surface area contributed by atoms with Crippen molar-refractivity contribution in [3.8, 4) is 28.0 Å². The summed E-state index contributed by atoms with van der Waals surface area (Å²) >= 11 is 1.63. The number of thiophene rings is 1. The Morgan fingerprint density at radius 2 is 1.90 bits per heavy atom. The van der Waals surface area contributed by atoms with Crippen molar-refractivity contribution in [2.75, 3.05) is 0 Å². The van der Waals surface area contributed by atoms with Gasteiger partial charge in [-0.05, 0) is 17.5 Å². The highest BCUT2D eigenvalue weighted by molar-refractivity contribution is 7.13. The summed E-state index contributed by atoms with van der Waals surface area (Å²) in [6.07, 6.45) is 0.292. The summed E-state index contributed by atoms with van der Waals surface area (Å²) in [5.74, 6) is 0.668. The van der Waals surface area contributed by atoms with Gasteiger partial charge >= 0.3 is 0 Å². The number of rotatable bonds is 3. The van der Waals surface area contributed by atoms with Crippen molar-refractivity contribution < 1.29 is 0 Å². The van der Waals surface area contributed by atoms with Crippen LogP contribution in [-0.2, 0) is 6.42 Å². The fourth-order valence-corrected chi connectivity index (χ4v) is 2.62. The van der Waals surface area contributed by atoms with Gasteiger partial charge in [0, 0.05) is 5.56 Å². The van der Waals surface area contributed by atoms with Gasteiger partial charge in [0.05, 0.1) is 28.8 Å². The summed E-state index contributed by atoms with van der Waals surface area (Å²) in [5, 5.41) is 10.9. The molecule has 3 nitrogen and oxygen atoms in total. The molecule has 4 heteroatoms. The molecule has 0 aliphatic carbocycles. The molecule has 0 N–H and O–H groups in total. The Morgan fingerprint density at radius 1 is 1.05 bits per heavy atom. The molecule has 0 saturated carbocycles. The van der Waals surface area contributed by atoms with E-state index in [2.05, 4.69) is 16.0 Å². The van der Waals surface area contributed by atoms with Gasteiger partial charge in [-0.15, -0.1) is 11.3 Å². The molecule has 0 fully saturated rings. The van der Waals surface area contributed by atoms with Gasteiger partial charge in [0.25, 0.3) is 0 Å². The molecule has 3 rings (SSSR count). The Labute approximate surface area is 121 Å². The van der Waals surface area contributed by atoms with Gasteiger partial charge in [0.15, 0.2) is 5.82 Å². The number of nitrogens with zero attached hydrogens (tertiary/aromatic N) is 3. The lowest BCUT2D eigenvalue weighted by atomic mass is 10.2. The molecule has 0 atom stereocenters. The highest BCUT2D eigenvalue weighted by Crippen LogP contribution is 2.26. The lowest BCUT2D eigenvalue weighted by molar-refractivity contribution is 1.07. The number of hydrogen-bond acceptors (Lipinski definition) is 4. The second-order valence-electron chi connectivity index (χ2n) is 4.25. The molecule has 0 bridgehead atoms. The maximum atomic E-state index is 8.89. The molecule has 0 amide bonds. The average molecular weight is 277 g/mol. The van der Waals surface area contributed by atoms with Crippen molar-refractivity contribution in [1.29, 1.82) is 5.26 Å². The van der Waals surface area contributed by atoms with E-state index in [1.54, 1.807) is 11.3 Å². The van der Waals surface area contributed by atoms with E-state index in [0.717, 1.165) is 21.8 Å². The summed E-state index contributed by atoms with van der Waals surface area (Å²) in [4.78, 5) is 10.2. The molecule has 1 aromatic carbocycles. The Balaban J connectivity index is 2.13. The van der Waals surface area contributed by atoms with Gasteiger partial charge < -0.3 is 0 Å². The summed E-state index contributed by atoms with van der Waals surface area (Å²) < 4.78 is 0. The zero-order chi connectivity index (χ0) is 13.8. The Morgan fingerprint density at radius 3 is 2.60 bits per heavy atom. The number of benzene rings is 1. The summed E-state index contributed by atoms with van der Waals surface area (Å²) in [7, 11) is 0. The van der Waals surface area contributed by atoms with E-state index in [-0.39, 0.29) is 0 Å². The highest BCUT2D eigenvalue weighted by Gasteiger charge is 2.09. The first-order chi connectivity index (χ1) is 9.86. The Hall–Kier alpha value is -2.51. The van der Waals surface area contributed by atoms with Crippen molar-refractivity contribution in [3.05, 3.63) is 59.6 Å². The minimum atomic E-state index is 0.292. The molecule has 3 aromatic rings. The second kappa shape index (κ2) is 5.64. The van der Waals surface area contributed by atoms with Crippen LogP contribution in [-0.4, -0.2) is 9.97 Å². The molecule has 0 radical (unpaired) electrons. The highest BCUT2D eigenvalue weighted by atomic mass is 32.1. The molecule has 0 saturated heterocycles. The predicted octanol–water partition coefficient (Wildman–Crippen LogP) is 3.94. The molecule has 0 unspecified atom stereocenters. The van der Waals surface area contributed by atoms with Crippen molar-refractivity contribution in [2.24, 2.45) is 0 Å². The Bertz CT molecular complexity index is 743. The number of nitriles is 1. The minimum Gasteiger partial charge on any atom is -0.232 e. The normalized spacial score (nSPS) is 10.2. The molecular formula is C16H11N3S. The van der Waals surface area contributed by atoms with E-state index in [4.69, 9.17) is 5.26 Å². The monoisotopic (exact) mass is 277 g/mol. The van der Waals surface area contributed by atoms with E-state index >= 15 is 0 Å². The van der Waals surface area contributed by atoms with Crippen molar-refractivity contribution >= 4 is 11.3 Å².